The van der Waals surface area contributed by atoms with E-state index in [4.69, 9.17) is 23.9 Å². The molecule has 1 amide bonds. The first kappa shape index (κ1) is 31.4. The number of hydrogen-bond donors (Lipinski definition) is 1. The number of carbonyl (C=O) groups excluding carboxylic acids is 1. The number of rotatable bonds is 8. The number of nitrogens with one attached hydrogen (secondary N) is 1. The minimum absolute atomic E-state index is 0.116. The summed E-state index contributed by atoms with van der Waals surface area (Å²) in [7, 11) is 0. The zero-order chi connectivity index (χ0) is 33.4. The van der Waals surface area contributed by atoms with Gasteiger partial charge in [0.15, 0.2) is 0 Å². The maximum absolute atomic E-state index is 15.4. The van der Waals surface area contributed by atoms with Crippen LogP contribution in [0, 0.1) is 22.6 Å². The molecule has 2 saturated heterocycles. The Bertz CT molecular complexity index is 2010. The Balaban J connectivity index is 1.18. The zero-order valence-electron chi connectivity index (χ0n) is 27.6. The highest BCUT2D eigenvalue weighted by molar-refractivity contribution is 7.23. The molecular formula is C36H38FN5O5S. The summed E-state index contributed by atoms with van der Waals surface area (Å²) >= 11 is 1.02. The first-order valence-corrected chi connectivity index (χ1v) is 17.4. The van der Waals surface area contributed by atoms with Crippen molar-refractivity contribution in [2.75, 3.05) is 31.6 Å². The molecule has 2 aromatic carbocycles. The van der Waals surface area contributed by atoms with Crippen molar-refractivity contribution < 1.29 is 28.1 Å². The van der Waals surface area contributed by atoms with Crippen LogP contribution in [0.3, 0.4) is 0 Å². The van der Waals surface area contributed by atoms with Crippen molar-refractivity contribution in [2.24, 2.45) is 5.41 Å². The summed E-state index contributed by atoms with van der Waals surface area (Å²) < 4.78 is 39.3. The molecule has 1 N–H and O–H groups in total. The summed E-state index contributed by atoms with van der Waals surface area (Å²) in [6.07, 6.45) is 5.49. The first-order chi connectivity index (χ1) is 23.1. The van der Waals surface area contributed by atoms with Crippen LogP contribution in [0.2, 0.25) is 0 Å². The van der Waals surface area contributed by atoms with E-state index in [1.807, 2.05) is 6.20 Å². The number of aromatic nitrogens is 2. The van der Waals surface area contributed by atoms with E-state index in [-0.39, 0.29) is 20.7 Å². The van der Waals surface area contributed by atoms with Gasteiger partial charge in [-0.15, -0.1) is 11.3 Å². The van der Waals surface area contributed by atoms with E-state index in [0.717, 1.165) is 83.5 Å². The lowest BCUT2D eigenvalue weighted by molar-refractivity contribution is 0.0176. The maximum Gasteiger partial charge on any atom is 0.412 e. The van der Waals surface area contributed by atoms with Crippen molar-refractivity contribution in [1.82, 2.24) is 14.9 Å². The molecule has 1 saturated carbocycles. The van der Waals surface area contributed by atoms with Crippen LogP contribution in [0.1, 0.15) is 69.2 Å². The van der Waals surface area contributed by atoms with Gasteiger partial charge in [-0.2, -0.15) is 10.2 Å². The monoisotopic (exact) mass is 671 g/mol. The Morgan fingerprint density at radius 2 is 2.08 bits per heavy atom. The summed E-state index contributed by atoms with van der Waals surface area (Å²) in [6.45, 7) is 11.5. The van der Waals surface area contributed by atoms with Crippen LogP contribution in [0.15, 0.2) is 18.3 Å². The van der Waals surface area contributed by atoms with Crippen LogP contribution in [-0.4, -0.2) is 65.0 Å². The van der Waals surface area contributed by atoms with Crippen LogP contribution >= 0.6 is 11.3 Å². The van der Waals surface area contributed by atoms with Gasteiger partial charge >= 0.3 is 12.1 Å². The molecule has 2 atom stereocenters. The van der Waals surface area contributed by atoms with Crippen molar-refractivity contribution in [1.29, 1.82) is 5.26 Å². The number of carbonyl (C=O) groups is 1. The fraction of sp³-hybridized carbons (Fsp3) is 0.500. The van der Waals surface area contributed by atoms with E-state index < -0.39 is 17.5 Å². The predicted molar refractivity (Wildman–Crippen MR) is 180 cm³/mol. The fourth-order valence-electron chi connectivity index (χ4n) is 7.57. The van der Waals surface area contributed by atoms with E-state index in [9.17, 15) is 10.1 Å². The van der Waals surface area contributed by atoms with Crippen LogP contribution in [-0.2, 0) is 33.8 Å². The molecule has 250 valence electrons. The van der Waals surface area contributed by atoms with Gasteiger partial charge in [-0.25, -0.2) is 14.2 Å². The maximum atomic E-state index is 15.4. The molecule has 4 aliphatic rings. The second-order valence-electron chi connectivity index (χ2n) is 14.5. The summed E-state index contributed by atoms with van der Waals surface area (Å²) in [6, 6.07) is 6.22. The van der Waals surface area contributed by atoms with E-state index in [1.165, 1.54) is 6.07 Å². The van der Waals surface area contributed by atoms with Gasteiger partial charge < -0.3 is 18.9 Å². The lowest BCUT2D eigenvalue weighted by Crippen LogP contribution is -2.42. The highest BCUT2D eigenvalue weighted by Crippen LogP contribution is 2.49. The minimum atomic E-state index is -0.738. The molecular weight excluding hydrogens is 633 g/mol. The molecule has 8 rings (SSSR count). The minimum Gasteiger partial charge on any atom is -0.463 e. The first-order valence-electron chi connectivity index (χ1n) is 16.6. The summed E-state index contributed by atoms with van der Waals surface area (Å²) in [5.74, 6) is -0.472. The molecule has 5 heterocycles. The van der Waals surface area contributed by atoms with Gasteiger partial charge in [-0.3, -0.25) is 10.2 Å². The molecule has 2 bridgehead atoms. The summed E-state index contributed by atoms with van der Waals surface area (Å²) in [5.41, 5.74) is 4.79. The number of aryl methyl sites for hydroxylation is 1. The number of thiophene rings is 1. The standard InChI is InChI=1S/C36H38FN5O5S/c1-5-21-28(22-6-7-27(37)31-29(22)23(11-38)32(48-31)41-34(43)47-35(2,3)4)26-16-44-15-25(26)24-12-39-33(40-30(21)24)46-18-36(8-9-36)17-42-13-20-10-19(42)14-45-20/h6-7,12,19-20H,5,8-10,13-18H2,1-4H3,(H,41,43). The Kier molecular flexibility index (Phi) is 7.60. The average Bonchev–Trinajstić information content (AvgIpc) is 3.48. The molecule has 0 radical (unpaired) electrons. The largest absolute Gasteiger partial charge is 0.463 e. The molecule has 2 aromatic heterocycles. The number of anilines is 1. The third-order valence-electron chi connectivity index (χ3n) is 10.00. The molecule has 2 unspecified atom stereocenters. The van der Waals surface area contributed by atoms with Gasteiger partial charge in [0.1, 0.15) is 22.5 Å². The van der Waals surface area contributed by atoms with Gasteiger partial charge in [-0.05, 0) is 80.3 Å². The van der Waals surface area contributed by atoms with E-state index in [1.54, 1.807) is 26.8 Å². The number of benzene rings is 2. The Morgan fingerprint density at radius 1 is 1.27 bits per heavy atom. The highest BCUT2D eigenvalue weighted by Gasteiger charge is 2.49. The second-order valence-corrected chi connectivity index (χ2v) is 15.5. The lowest BCUT2D eigenvalue weighted by Gasteiger charge is -2.30. The molecule has 48 heavy (non-hydrogen) atoms. The van der Waals surface area contributed by atoms with Gasteiger partial charge in [-0.1, -0.05) is 13.0 Å². The van der Waals surface area contributed by atoms with Gasteiger partial charge in [0.05, 0.1) is 48.3 Å². The fourth-order valence-corrected chi connectivity index (χ4v) is 8.63. The molecule has 3 fully saturated rings. The number of hydrogen-bond acceptors (Lipinski definition) is 10. The number of nitriles is 1. The normalized spacial score (nSPS) is 21.1. The van der Waals surface area contributed by atoms with Crippen molar-refractivity contribution >= 4 is 43.4 Å². The smallest absolute Gasteiger partial charge is 0.412 e. The number of likely N-dealkylation sites (tertiary alicyclic amines) is 1. The number of morpholine rings is 1. The quantitative estimate of drug-likeness (QED) is 0.209. The van der Waals surface area contributed by atoms with Crippen LogP contribution in [0.4, 0.5) is 14.2 Å². The summed E-state index contributed by atoms with van der Waals surface area (Å²) in [4.78, 5) is 24.9. The zero-order valence-corrected chi connectivity index (χ0v) is 28.4. The third kappa shape index (κ3) is 5.47. The van der Waals surface area contributed by atoms with E-state index >= 15 is 4.39 Å². The lowest BCUT2D eigenvalue weighted by atomic mass is 9.86. The molecule has 1 aliphatic carbocycles. The van der Waals surface area contributed by atoms with Gasteiger partial charge in [0.25, 0.3) is 0 Å². The SMILES string of the molecule is CCc1c(-c2ccc(F)c3sc(NC(=O)OC(C)(C)C)c(C#N)c23)c2c(c3cnc(OCC4(CN5CC6CC5CO6)CC4)nc13)COC2. The van der Waals surface area contributed by atoms with Crippen molar-refractivity contribution in [3.05, 3.63) is 46.4 Å². The molecule has 3 aliphatic heterocycles. The Hall–Kier alpha value is -3.89. The third-order valence-corrected chi connectivity index (χ3v) is 11.1. The molecule has 10 nitrogen and oxygen atoms in total. The highest BCUT2D eigenvalue weighted by atomic mass is 32.1. The molecule has 4 aromatic rings. The second kappa shape index (κ2) is 11.6. The van der Waals surface area contributed by atoms with Crippen molar-refractivity contribution in [3.63, 3.8) is 0 Å². The predicted octanol–water partition coefficient (Wildman–Crippen LogP) is 7.09. The molecule has 12 heteroatoms. The Labute approximate surface area is 282 Å². The van der Waals surface area contributed by atoms with Gasteiger partial charge in [0.2, 0.25) is 0 Å². The number of ether oxygens (including phenoxy) is 4. The number of nitrogens with zero attached hydrogens (tertiary/aromatic N) is 4. The number of fused-ring (bicyclic) bond motifs is 6. The topological polar surface area (TPSA) is 119 Å². The number of amides is 1. The van der Waals surface area contributed by atoms with Crippen molar-refractivity contribution in [3.8, 4) is 23.2 Å². The molecule has 0 spiro atoms. The summed E-state index contributed by atoms with van der Waals surface area (Å²) in [5, 5.41) is 14.6. The van der Waals surface area contributed by atoms with E-state index in [0.29, 0.717) is 55.3 Å². The van der Waals surface area contributed by atoms with Crippen LogP contribution in [0.5, 0.6) is 6.01 Å². The number of halogens is 1. The average molecular weight is 672 g/mol. The van der Waals surface area contributed by atoms with Crippen LogP contribution < -0.4 is 10.1 Å². The van der Waals surface area contributed by atoms with Crippen molar-refractivity contribution in [2.45, 2.75) is 84.3 Å². The van der Waals surface area contributed by atoms with Gasteiger partial charge in [0, 0.05) is 41.5 Å². The Morgan fingerprint density at radius 3 is 2.77 bits per heavy atom. The van der Waals surface area contributed by atoms with E-state index in [2.05, 4.69) is 28.2 Å². The van der Waals surface area contributed by atoms with Crippen LogP contribution in [0.25, 0.3) is 32.1 Å².